The molecule has 1 saturated heterocycles. The van der Waals surface area contributed by atoms with Crippen molar-refractivity contribution in [3.8, 4) is 0 Å². The molecule has 1 amide bonds. The lowest BCUT2D eigenvalue weighted by molar-refractivity contribution is -0.151. The van der Waals surface area contributed by atoms with Crippen LogP contribution in [0, 0.1) is 0 Å². The van der Waals surface area contributed by atoms with E-state index in [-0.39, 0.29) is 12.8 Å². The van der Waals surface area contributed by atoms with E-state index >= 15 is 0 Å². The smallest absolute Gasteiger partial charge is 0.337 e. The molecule has 0 atom stereocenters. The molecule has 0 aromatic carbocycles. The molecule has 0 saturated carbocycles. The van der Waals surface area contributed by atoms with Crippen molar-refractivity contribution < 1.29 is 18.4 Å². The zero-order chi connectivity index (χ0) is 9.69. The summed E-state index contributed by atoms with van der Waals surface area (Å²) in [6, 6.07) is 0. The van der Waals surface area contributed by atoms with Gasteiger partial charge in [0.15, 0.2) is 0 Å². The zero-order valence-electron chi connectivity index (χ0n) is 6.64. The largest absolute Gasteiger partial charge is 0.383 e. The zero-order valence-corrected chi connectivity index (χ0v) is 6.64. The summed E-state index contributed by atoms with van der Waals surface area (Å²) in [4.78, 5) is 21.9. The minimum atomic E-state index is -3.84. The molecule has 1 N–H and O–H groups in total. The number of rotatable bonds is 0. The summed E-state index contributed by atoms with van der Waals surface area (Å²) in [5.74, 6) is -6.61. The highest BCUT2D eigenvalue weighted by Crippen LogP contribution is 2.37. The first-order chi connectivity index (χ1) is 5.99. The average Bonchev–Trinajstić information content (AvgIpc) is 2.57. The minimum Gasteiger partial charge on any atom is -0.337 e. The molecule has 1 aliphatic carbocycles. The molecular weight excluding hydrogens is 180 g/mol. The van der Waals surface area contributed by atoms with Gasteiger partial charge in [0.1, 0.15) is 5.54 Å². The van der Waals surface area contributed by atoms with Gasteiger partial charge in [0.25, 0.3) is 5.91 Å². The van der Waals surface area contributed by atoms with E-state index in [2.05, 4.69) is 5.32 Å². The second-order valence-electron chi connectivity index (χ2n) is 3.32. The van der Waals surface area contributed by atoms with Crippen LogP contribution in [0.5, 0.6) is 0 Å². The number of carbonyl (C=O) groups is 2. The van der Waals surface area contributed by atoms with Crippen molar-refractivity contribution in [2.24, 2.45) is 0 Å². The quantitative estimate of drug-likeness (QED) is 0.441. The van der Waals surface area contributed by atoms with Gasteiger partial charge in [0.05, 0.1) is 0 Å². The molecule has 70 valence electrons. The lowest BCUT2D eigenvalue weighted by Crippen LogP contribution is -2.44. The Balaban J connectivity index is 2.38. The Hall–Kier alpha value is -1.26. The maximum atomic E-state index is 12.8. The van der Waals surface area contributed by atoms with E-state index in [4.69, 9.17) is 0 Å². The lowest BCUT2D eigenvalue weighted by Gasteiger charge is -2.19. The molecule has 1 aliphatic heterocycles. The molecule has 1 heterocycles. The van der Waals surface area contributed by atoms with Crippen molar-refractivity contribution in [3.63, 3.8) is 0 Å². The van der Waals surface area contributed by atoms with Gasteiger partial charge in [-0.15, -0.1) is 0 Å². The lowest BCUT2D eigenvalue weighted by atomic mass is 9.92. The fraction of sp³-hybridized carbons (Fsp3) is 0.500. The highest BCUT2D eigenvalue weighted by atomic mass is 19.3. The van der Waals surface area contributed by atoms with Crippen LogP contribution in [-0.4, -0.2) is 23.2 Å². The van der Waals surface area contributed by atoms with Crippen LogP contribution in [0.4, 0.5) is 8.78 Å². The summed E-state index contributed by atoms with van der Waals surface area (Å²) in [6.45, 7) is 0. The number of amides is 1. The maximum absolute atomic E-state index is 12.8. The molecule has 1 spiro atoms. The van der Waals surface area contributed by atoms with Crippen LogP contribution in [0.2, 0.25) is 0 Å². The standard InChI is InChI=1S/C8H7F2NO2/c9-8(10)5(12)7(11-6(8)13)3-1-2-4-7/h1-2H,3-4H2,(H,11,13). The summed E-state index contributed by atoms with van der Waals surface area (Å²) in [6.07, 6.45) is 3.60. The number of hydrogen-bond donors (Lipinski definition) is 1. The van der Waals surface area contributed by atoms with E-state index in [1.807, 2.05) is 0 Å². The van der Waals surface area contributed by atoms with E-state index in [9.17, 15) is 18.4 Å². The number of ketones is 1. The Morgan fingerprint density at radius 2 is 1.77 bits per heavy atom. The van der Waals surface area contributed by atoms with E-state index < -0.39 is 23.2 Å². The van der Waals surface area contributed by atoms with E-state index in [0.29, 0.717) is 0 Å². The number of halogens is 2. The van der Waals surface area contributed by atoms with Crippen molar-refractivity contribution in [2.75, 3.05) is 0 Å². The molecule has 3 nitrogen and oxygen atoms in total. The van der Waals surface area contributed by atoms with Crippen molar-refractivity contribution in [1.29, 1.82) is 0 Å². The van der Waals surface area contributed by atoms with Gasteiger partial charge < -0.3 is 5.32 Å². The molecule has 0 unspecified atom stereocenters. The topological polar surface area (TPSA) is 46.2 Å². The second kappa shape index (κ2) is 2.16. The van der Waals surface area contributed by atoms with Gasteiger partial charge in [0.2, 0.25) is 5.78 Å². The van der Waals surface area contributed by atoms with Crippen LogP contribution in [0.25, 0.3) is 0 Å². The van der Waals surface area contributed by atoms with Crippen LogP contribution in [0.15, 0.2) is 12.2 Å². The van der Waals surface area contributed by atoms with Gasteiger partial charge in [-0.25, -0.2) is 0 Å². The van der Waals surface area contributed by atoms with Crippen LogP contribution in [0.1, 0.15) is 12.8 Å². The van der Waals surface area contributed by atoms with Crippen molar-refractivity contribution >= 4 is 11.7 Å². The third-order valence-electron chi connectivity index (χ3n) is 2.46. The summed E-state index contributed by atoms with van der Waals surface area (Å²) >= 11 is 0. The molecule has 0 aromatic heterocycles. The first-order valence-electron chi connectivity index (χ1n) is 3.89. The second-order valence-corrected chi connectivity index (χ2v) is 3.32. The third kappa shape index (κ3) is 0.868. The van der Waals surface area contributed by atoms with Crippen molar-refractivity contribution in [2.45, 2.75) is 24.3 Å². The van der Waals surface area contributed by atoms with E-state index in [1.54, 1.807) is 12.2 Å². The highest BCUT2D eigenvalue weighted by molar-refractivity contribution is 6.18. The molecule has 13 heavy (non-hydrogen) atoms. The Kier molecular flexibility index (Phi) is 1.38. The highest BCUT2D eigenvalue weighted by Gasteiger charge is 2.64. The molecule has 2 rings (SSSR count). The third-order valence-corrected chi connectivity index (χ3v) is 2.46. The summed E-state index contributed by atoms with van der Waals surface area (Å²) in [5.41, 5.74) is -1.35. The van der Waals surface area contributed by atoms with E-state index in [1.165, 1.54) is 0 Å². The van der Waals surface area contributed by atoms with Gasteiger partial charge in [-0.2, -0.15) is 8.78 Å². The Labute approximate surface area is 72.8 Å². The fourth-order valence-corrected chi connectivity index (χ4v) is 1.70. The van der Waals surface area contributed by atoms with Crippen LogP contribution < -0.4 is 5.32 Å². The Morgan fingerprint density at radius 1 is 1.23 bits per heavy atom. The fourth-order valence-electron chi connectivity index (χ4n) is 1.70. The Bertz CT molecular complexity index is 314. The number of hydrogen-bond acceptors (Lipinski definition) is 2. The predicted octanol–water partition coefficient (Wildman–Crippen LogP) is 0.409. The number of Topliss-reactive ketones (excluding diaryl/α,β-unsaturated/α-hetero) is 1. The monoisotopic (exact) mass is 187 g/mol. The predicted molar refractivity (Wildman–Crippen MR) is 39.2 cm³/mol. The van der Waals surface area contributed by atoms with E-state index in [0.717, 1.165) is 0 Å². The normalized spacial score (nSPS) is 28.5. The molecule has 0 bridgehead atoms. The number of carbonyl (C=O) groups excluding carboxylic acids is 2. The molecule has 0 aromatic rings. The van der Waals surface area contributed by atoms with Crippen LogP contribution in [-0.2, 0) is 9.59 Å². The first-order valence-corrected chi connectivity index (χ1v) is 3.89. The summed E-state index contributed by atoms with van der Waals surface area (Å²) in [7, 11) is 0. The Morgan fingerprint density at radius 3 is 2.15 bits per heavy atom. The molecule has 2 aliphatic rings. The molecule has 5 heteroatoms. The summed E-state index contributed by atoms with van der Waals surface area (Å²) < 4.78 is 25.7. The SMILES string of the molecule is O=C1NC2(CC=CC2)C(=O)C1(F)F. The number of alkyl halides is 2. The van der Waals surface area contributed by atoms with Gasteiger partial charge >= 0.3 is 5.92 Å². The van der Waals surface area contributed by atoms with Gasteiger partial charge in [-0.3, -0.25) is 9.59 Å². The average molecular weight is 187 g/mol. The molecular formula is C8H7F2NO2. The van der Waals surface area contributed by atoms with Gasteiger partial charge in [-0.1, -0.05) is 12.2 Å². The van der Waals surface area contributed by atoms with Gasteiger partial charge in [0, 0.05) is 0 Å². The maximum Gasteiger partial charge on any atom is 0.383 e. The molecule has 1 fully saturated rings. The first kappa shape index (κ1) is 8.34. The van der Waals surface area contributed by atoms with Gasteiger partial charge in [-0.05, 0) is 12.8 Å². The number of nitrogens with one attached hydrogen (secondary N) is 1. The van der Waals surface area contributed by atoms with Crippen molar-refractivity contribution in [1.82, 2.24) is 5.32 Å². The minimum absolute atomic E-state index is 0.174. The van der Waals surface area contributed by atoms with Crippen molar-refractivity contribution in [3.05, 3.63) is 12.2 Å². The molecule has 0 radical (unpaired) electrons. The summed E-state index contributed by atoms with van der Waals surface area (Å²) in [5, 5.41) is 2.07. The van der Waals surface area contributed by atoms with Crippen LogP contribution >= 0.6 is 0 Å². The van der Waals surface area contributed by atoms with Crippen LogP contribution in [0.3, 0.4) is 0 Å².